The molecule has 5 nitrogen and oxygen atoms in total. The van der Waals surface area contributed by atoms with Gasteiger partial charge in [-0.1, -0.05) is 25.8 Å². The lowest BCUT2D eigenvalue weighted by molar-refractivity contribution is -0.133. The van der Waals surface area contributed by atoms with E-state index in [9.17, 15) is 0 Å². The van der Waals surface area contributed by atoms with Crippen LogP contribution in [0.25, 0.3) is 0 Å². The molecule has 1 aromatic rings. The molecule has 0 bridgehead atoms. The van der Waals surface area contributed by atoms with Gasteiger partial charge in [-0.2, -0.15) is 0 Å². The van der Waals surface area contributed by atoms with Gasteiger partial charge >= 0.3 is 0 Å². The molecule has 0 aliphatic heterocycles. The maximum absolute atomic E-state index is 5.63. The first-order valence-electron chi connectivity index (χ1n) is 8.88. The van der Waals surface area contributed by atoms with E-state index in [2.05, 4.69) is 18.3 Å². The van der Waals surface area contributed by atoms with Crippen LogP contribution >= 0.6 is 0 Å². The maximum Gasteiger partial charge on any atom is 0.169 e. The summed E-state index contributed by atoms with van der Waals surface area (Å²) < 4.78 is 22.0. The molecule has 1 atom stereocenters. The summed E-state index contributed by atoms with van der Waals surface area (Å²) in [7, 11) is 3.31. The van der Waals surface area contributed by atoms with Gasteiger partial charge < -0.3 is 24.3 Å². The molecule has 0 fully saturated rings. The number of hydrogen-bond donors (Lipinski definition) is 1. The molecule has 1 aromatic carbocycles. The first-order valence-corrected chi connectivity index (χ1v) is 8.88. The van der Waals surface area contributed by atoms with Crippen LogP contribution in [0, 0.1) is 0 Å². The third kappa shape index (κ3) is 6.67. The Balaban J connectivity index is 2.83. The van der Waals surface area contributed by atoms with Crippen LogP contribution in [0.15, 0.2) is 18.2 Å². The van der Waals surface area contributed by atoms with Crippen LogP contribution in [-0.4, -0.2) is 40.3 Å². The van der Waals surface area contributed by atoms with Crippen molar-refractivity contribution >= 4 is 0 Å². The number of hydrogen-bond acceptors (Lipinski definition) is 5. The first kappa shape index (κ1) is 20.7. The van der Waals surface area contributed by atoms with Gasteiger partial charge in [0, 0.05) is 25.8 Å². The minimum atomic E-state index is -0.218. The van der Waals surface area contributed by atoms with E-state index in [4.69, 9.17) is 18.9 Å². The third-order valence-corrected chi connectivity index (χ3v) is 3.89. The highest BCUT2D eigenvalue weighted by Gasteiger charge is 2.16. The lowest BCUT2D eigenvalue weighted by atomic mass is 10.0. The molecule has 138 valence electrons. The van der Waals surface area contributed by atoms with E-state index in [-0.39, 0.29) is 12.3 Å². The molecule has 0 unspecified atom stereocenters. The summed E-state index contributed by atoms with van der Waals surface area (Å²) in [5.41, 5.74) is 1.19. The number of ether oxygens (including phenoxy) is 4. The molecule has 0 saturated carbocycles. The Morgan fingerprint density at radius 2 is 1.62 bits per heavy atom. The summed E-state index contributed by atoms with van der Waals surface area (Å²) >= 11 is 0. The number of nitrogens with one attached hydrogen (secondary N) is 1. The van der Waals surface area contributed by atoms with Crippen molar-refractivity contribution in [3.8, 4) is 11.5 Å². The Kier molecular flexibility index (Phi) is 10.5. The van der Waals surface area contributed by atoms with Crippen molar-refractivity contribution in [3.05, 3.63) is 23.8 Å². The van der Waals surface area contributed by atoms with Gasteiger partial charge in [-0.15, -0.1) is 0 Å². The second-order valence-electron chi connectivity index (χ2n) is 5.56. The highest BCUT2D eigenvalue weighted by molar-refractivity contribution is 5.43. The van der Waals surface area contributed by atoms with E-state index < -0.39 is 0 Å². The number of rotatable bonds is 13. The van der Waals surface area contributed by atoms with Crippen LogP contribution in [0.2, 0.25) is 0 Å². The molecule has 0 aliphatic rings. The molecule has 0 spiro atoms. The number of methoxy groups -OCH3 is 2. The van der Waals surface area contributed by atoms with Crippen molar-refractivity contribution in [1.82, 2.24) is 5.32 Å². The van der Waals surface area contributed by atoms with Gasteiger partial charge in [0.1, 0.15) is 0 Å². The highest BCUT2D eigenvalue weighted by atomic mass is 16.7. The van der Waals surface area contributed by atoms with Gasteiger partial charge in [-0.05, 0) is 38.0 Å². The van der Waals surface area contributed by atoms with Gasteiger partial charge in [-0.3, -0.25) is 0 Å². The van der Waals surface area contributed by atoms with Crippen molar-refractivity contribution in [2.24, 2.45) is 0 Å². The summed E-state index contributed by atoms with van der Waals surface area (Å²) in [5, 5.41) is 3.58. The predicted octanol–water partition coefficient (Wildman–Crippen LogP) is 3.92. The Hall–Kier alpha value is -1.30. The van der Waals surface area contributed by atoms with Crippen LogP contribution < -0.4 is 14.8 Å². The predicted molar refractivity (Wildman–Crippen MR) is 96.9 cm³/mol. The summed E-state index contributed by atoms with van der Waals surface area (Å²) in [5.74, 6) is 1.50. The minimum absolute atomic E-state index is 0.218. The SMILES string of the molecule is CCCC[C@@H](NCC(OCC)OCC)c1ccc(OC)c(OC)c1. The normalized spacial score (nSPS) is 12.4. The third-order valence-electron chi connectivity index (χ3n) is 3.89. The van der Waals surface area contributed by atoms with E-state index in [0.717, 1.165) is 30.8 Å². The molecule has 1 rings (SSSR count). The Morgan fingerprint density at radius 1 is 0.958 bits per heavy atom. The smallest absolute Gasteiger partial charge is 0.169 e. The second-order valence-corrected chi connectivity index (χ2v) is 5.56. The average molecular weight is 339 g/mol. The monoisotopic (exact) mass is 339 g/mol. The van der Waals surface area contributed by atoms with Crippen molar-refractivity contribution in [3.63, 3.8) is 0 Å². The van der Waals surface area contributed by atoms with E-state index in [1.165, 1.54) is 5.56 Å². The summed E-state index contributed by atoms with van der Waals surface area (Å²) in [6.07, 6.45) is 3.15. The van der Waals surface area contributed by atoms with Crippen molar-refractivity contribution < 1.29 is 18.9 Å². The van der Waals surface area contributed by atoms with Crippen LogP contribution in [0.4, 0.5) is 0 Å². The fourth-order valence-electron chi connectivity index (χ4n) is 2.64. The first-order chi connectivity index (χ1) is 11.7. The Labute approximate surface area is 146 Å². The van der Waals surface area contributed by atoms with Crippen LogP contribution in [0.1, 0.15) is 51.6 Å². The molecular formula is C19H33NO4. The van der Waals surface area contributed by atoms with E-state index in [0.29, 0.717) is 19.8 Å². The second kappa shape index (κ2) is 12.1. The molecule has 0 aliphatic carbocycles. The van der Waals surface area contributed by atoms with E-state index in [1.807, 2.05) is 26.0 Å². The molecular weight excluding hydrogens is 306 g/mol. The topological polar surface area (TPSA) is 49.0 Å². The molecule has 24 heavy (non-hydrogen) atoms. The van der Waals surface area contributed by atoms with Crippen molar-refractivity contribution in [2.75, 3.05) is 34.0 Å². The Bertz CT molecular complexity index is 447. The fourth-order valence-corrected chi connectivity index (χ4v) is 2.64. The number of unbranched alkanes of at least 4 members (excludes halogenated alkanes) is 1. The van der Waals surface area contributed by atoms with Crippen LogP contribution in [0.3, 0.4) is 0 Å². The quantitative estimate of drug-likeness (QED) is 0.552. The zero-order valence-electron chi connectivity index (χ0n) is 15.8. The average Bonchev–Trinajstić information content (AvgIpc) is 2.61. The summed E-state index contributed by atoms with van der Waals surface area (Å²) in [6.45, 7) is 8.10. The van der Waals surface area contributed by atoms with Gasteiger partial charge in [0.25, 0.3) is 0 Å². The standard InChI is InChI=1S/C19H33NO4/c1-6-9-10-16(20-14-19(23-7-2)24-8-3)15-11-12-17(21-4)18(13-15)22-5/h11-13,16,19-20H,6-10,14H2,1-5H3/t16-/m1/s1. The van der Waals surface area contributed by atoms with Crippen molar-refractivity contribution in [2.45, 2.75) is 52.4 Å². The molecule has 0 saturated heterocycles. The zero-order valence-corrected chi connectivity index (χ0v) is 15.8. The zero-order chi connectivity index (χ0) is 17.8. The van der Waals surface area contributed by atoms with Gasteiger partial charge in [0.15, 0.2) is 17.8 Å². The molecule has 0 amide bonds. The Morgan fingerprint density at radius 3 is 2.17 bits per heavy atom. The van der Waals surface area contributed by atoms with Crippen LogP contribution in [-0.2, 0) is 9.47 Å². The van der Waals surface area contributed by atoms with Crippen LogP contribution in [0.5, 0.6) is 11.5 Å². The molecule has 0 radical (unpaired) electrons. The minimum Gasteiger partial charge on any atom is -0.493 e. The molecule has 0 aromatic heterocycles. The van der Waals surface area contributed by atoms with Gasteiger partial charge in [-0.25, -0.2) is 0 Å². The van der Waals surface area contributed by atoms with Gasteiger partial charge in [0.05, 0.1) is 14.2 Å². The number of benzene rings is 1. The van der Waals surface area contributed by atoms with Gasteiger partial charge in [0.2, 0.25) is 0 Å². The van der Waals surface area contributed by atoms with Crippen molar-refractivity contribution in [1.29, 1.82) is 0 Å². The maximum atomic E-state index is 5.63. The van der Waals surface area contributed by atoms with E-state index in [1.54, 1.807) is 14.2 Å². The largest absolute Gasteiger partial charge is 0.493 e. The fraction of sp³-hybridized carbons (Fsp3) is 0.684. The summed E-state index contributed by atoms with van der Waals surface area (Å²) in [4.78, 5) is 0. The molecule has 0 heterocycles. The molecule has 5 heteroatoms. The highest BCUT2D eigenvalue weighted by Crippen LogP contribution is 2.31. The van der Waals surface area contributed by atoms with E-state index >= 15 is 0 Å². The lowest BCUT2D eigenvalue weighted by Gasteiger charge is -2.24. The lowest BCUT2D eigenvalue weighted by Crippen LogP contribution is -2.34. The summed E-state index contributed by atoms with van der Waals surface area (Å²) in [6, 6.07) is 6.32. The molecule has 1 N–H and O–H groups in total.